The Morgan fingerprint density at radius 1 is 1.20 bits per heavy atom. The van der Waals surface area contributed by atoms with Crippen LogP contribution in [0.2, 0.25) is 0 Å². The minimum atomic E-state index is -0.122. The van der Waals surface area contributed by atoms with E-state index in [4.69, 9.17) is 9.47 Å². The van der Waals surface area contributed by atoms with Crippen molar-refractivity contribution in [2.45, 2.75) is 13.5 Å². The Morgan fingerprint density at radius 2 is 2.04 bits per heavy atom. The van der Waals surface area contributed by atoms with Crippen LogP contribution in [0.25, 0.3) is 10.4 Å². The summed E-state index contributed by atoms with van der Waals surface area (Å²) in [5.74, 6) is 1.47. The van der Waals surface area contributed by atoms with Crippen molar-refractivity contribution in [3.8, 4) is 21.9 Å². The molecule has 1 aliphatic rings. The van der Waals surface area contributed by atoms with Crippen LogP contribution in [0.15, 0.2) is 48.5 Å². The summed E-state index contributed by atoms with van der Waals surface area (Å²) in [5.41, 5.74) is 4.01. The summed E-state index contributed by atoms with van der Waals surface area (Å²) in [6, 6.07) is 15.3. The second-order valence-electron chi connectivity index (χ2n) is 5.89. The average molecular weight is 351 g/mol. The Labute approximate surface area is 150 Å². The summed E-state index contributed by atoms with van der Waals surface area (Å²) in [5, 5.41) is 2.93. The second-order valence-corrected chi connectivity index (χ2v) is 6.94. The van der Waals surface area contributed by atoms with Gasteiger partial charge in [0.05, 0.1) is 12.0 Å². The number of rotatable bonds is 3. The van der Waals surface area contributed by atoms with Gasteiger partial charge in [0.1, 0.15) is 18.1 Å². The highest BCUT2D eigenvalue weighted by Gasteiger charge is 2.24. The molecule has 0 bridgehead atoms. The minimum absolute atomic E-state index is 0.122. The first-order chi connectivity index (χ1) is 12.2. The van der Waals surface area contributed by atoms with Crippen molar-refractivity contribution in [1.29, 1.82) is 0 Å². The summed E-state index contributed by atoms with van der Waals surface area (Å²) >= 11 is 1.51. The van der Waals surface area contributed by atoms with Crippen LogP contribution in [-0.4, -0.2) is 13.0 Å². The molecule has 0 spiro atoms. The molecule has 0 aliphatic carbocycles. The maximum absolute atomic E-state index is 12.6. The van der Waals surface area contributed by atoms with Crippen molar-refractivity contribution in [2.75, 3.05) is 12.4 Å². The fourth-order valence-electron chi connectivity index (χ4n) is 2.96. The largest absolute Gasteiger partial charge is 0.497 e. The van der Waals surface area contributed by atoms with E-state index in [0.29, 0.717) is 22.9 Å². The van der Waals surface area contributed by atoms with Gasteiger partial charge < -0.3 is 14.8 Å². The minimum Gasteiger partial charge on any atom is -0.497 e. The topological polar surface area (TPSA) is 47.6 Å². The monoisotopic (exact) mass is 351 g/mol. The number of anilines is 1. The number of methoxy groups -OCH3 is 1. The van der Waals surface area contributed by atoms with Gasteiger partial charge in [-0.05, 0) is 36.8 Å². The van der Waals surface area contributed by atoms with Crippen LogP contribution in [0, 0.1) is 6.92 Å². The molecule has 0 fully saturated rings. The highest BCUT2D eigenvalue weighted by molar-refractivity contribution is 7.17. The van der Waals surface area contributed by atoms with Crippen molar-refractivity contribution in [1.82, 2.24) is 0 Å². The van der Waals surface area contributed by atoms with Gasteiger partial charge in [-0.2, -0.15) is 0 Å². The van der Waals surface area contributed by atoms with E-state index in [0.717, 1.165) is 27.3 Å². The van der Waals surface area contributed by atoms with E-state index >= 15 is 0 Å². The van der Waals surface area contributed by atoms with Crippen LogP contribution >= 0.6 is 11.3 Å². The molecule has 2 heterocycles. The predicted octanol–water partition coefficient (Wildman–Crippen LogP) is 4.88. The third kappa shape index (κ3) is 2.87. The van der Waals surface area contributed by atoms with E-state index < -0.39 is 0 Å². The van der Waals surface area contributed by atoms with Crippen molar-refractivity contribution < 1.29 is 14.3 Å². The normalized spacial score (nSPS) is 11.9. The number of benzene rings is 2. The predicted molar refractivity (Wildman–Crippen MR) is 99.8 cm³/mol. The van der Waals surface area contributed by atoms with Gasteiger partial charge in [0.25, 0.3) is 5.91 Å². The zero-order valence-corrected chi connectivity index (χ0v) is 14.8. The molecule has 25 heavy (non-hydrogen) atoms. The van der Waals surface area contributed by atoms with Crippen molar-refractivity contribution in [3.63, 3.8) is 0 Å². The number of nitrogens with one attached hydrogen (secondary N) is 1. The van der Waals surface area contributed by atoms with Crippen molar-refractivity contribution in [3.05, 3.63) is 64.5 Å². The molecule has 1 aliphatic heterocycles. The van der Waals surface area contributed by atoms with Crippen LogP contribution in [0.5, 0.6) is 11.5 Å². The molecule has 1 amide bonds. The van der Waals surface area contributed by atoms with E-state index in [2.05, 4.69) is 18.3 Å². The van der Waals surface area contributed by atoms with Gasteiger partial charge >= 0.3 is 0 Å². The number of carbonyl (C=O) groups is 1. The second kappa shape index (κ2) is 6.26. The van der Waals surface area contributed by atoms with E-state index in [1.54, 1.807) is 13.2 Å². The lowest BCUT2D eigenvalue weighted by molar-refractivity contribution is 0.103. The van der Waals surface area contributed by atoms with Crippen molar-refractivity contribution in [2.24, 2.45) is 0 Å². The van der Waals surface area contributed by atoms with Crippen molar-refractivity contribution >= 4 is 22.9 Å². The summed E-state index contributed by atoms with van der Waals surface area (Å²) in [6.07, 6.45) is 0. The molecular formula is C20H17NO3S. The molecular weight excluding hydrogens is 334 g/mol. The van der Waals surface area contributed by atoms with Gasteiger partial charge in [0.2, 0.25) is 0 Å². The summed E-state index contributed by atoms with van der Waals surface area (Å²) in [4.78, 5) is 14.4. The lowest BCUT2D eigenvalue weighted by Crippen LogP contribution is -2.10. The number of ether oxygens (including phenoxy) is 2. The number of thiophene rings is 1. The molecule has 5 heteroatoms. The Hall–Kier alpha value is -2.79. The summed E-state index contributed by atoms with van der Waals surface area (Å²) in [6.45, 7) is 2.56. The maximum atomic E-state index is 12.6. The van der Waals surface area contributed by atoms with Gasteiger partial charge in [0, 0.05) is 27.8 Å². The van der Waals surface area contributed by atoms with Gasteiger partial charge in [-0.25, -0.2) is 0 Å². The Kier molecular flexibility index (Phi) is 3.93. The van der Waals surface area contributed by atoms with E-state index in [1.807, 2.05) is 36.4 Å². The number of fused-ring (bicyclic) bond motifs is 3. The zero-order chi connectivity index (χ0) is 17.4. The number of amides is 1. The quantitative estimate of drug-likeness (QED) is 0.732. The molecule has 0 saturated carbocycles. The molecule has 126 valence electrons. The van der Waals surface area contributed by atoms with E-state index in [9.17, 15) is 4.79 Å². The van der Waals surface area contributed by atoms with Crippen LogP contribution in [0.4, 0.5) is 5.69 Å². The number of carbonyl (C=O) groups excluding carboxylic acids is 1. The maximum Gasteiger partial charge on any atom is 0.265 e. The number of aryl methyl sites for hydroxylation is 1. The average Bonchev–Trinajstić information content (AvgIpc) is 3.06. The first-order valence-electron chi connectivity index (χ1n) is 7.96. The fraction of sp³-hybridized carbons (Fsp3) is 0.150. The summed E-state index contributed by atoms with van der Waals surface area (Å²) in [7, 11) is 1.61. The molecule has 0 unspecified atom stereocenters. The lowest BCUT2D eigenvalue weighted by Gasteiger charge is -2.19. The van der Waals surface area contributed by atoms with Gasteiger partial charge in [0.15, 0.2) is 0 Å². The highest BCUT2D eigenvalue weighted by atomic mass is 32.1. The van der Waals surface area contributed by atoms with Crippen LogP contribution < -0.4 is 14.8 Å². The van der Waals surface area contributed by atoms with Gasteiger partial charge in [-0.3, -0.25) is 4.79 Å². The zero-order valence-electron chi connectivity index (χ0n) is 14.0. The van der Waals surface area contributed by atoms with E-state index in [1.165, 1.54) is 11.3 Å². The first kappa shape index (κ1) is 15.7. The smallest absolute Gasteiger partial charge is 0.265 e. The molecule has 4 nitrogen and oxygen atoms in total. The first-order valence-corrected chi connectivity index (χ1v) is 8.78. The molecule has 3 aromatic rings. The van der Waals surface area contributed by atoms with Gasteiger partial charge in [-0.1, -0.05) is 18.2 Å². The molecule has 1 N–H and O–H groups in total. The Balaban J connectivity index is 1.65. The standard InChI is InChI=1S/C20H17NO3S/c1-12-5-3-8-16-18(12)19-13(11-24-16)9-17(25-19)20(22)21-14-6-4-7-15(10-14)23-2/h3-10H,11H2,1-2H3,(H,21,22). The molecule has 4 rings (SSSR count). The molecule has 0 saturated heterocycles. The lowest BCUT2D eigenvalue weighted by atomic mass is 10.0. The number of hydrogen-bond acceptors (Lipinski definition) is 4. The van der Waals surface area contributed by atoms with Crippen LogP contribution in [-0.2, 0) is 6.61 Å². The number of hydrogen-bond donors (Lipinski definition) is 1. The highest BCUT2D eigenvalue weighted by Crippen LogP contribution is 2.44. The molecule has 1 aromatic heterocycles. The molecule has 0 radical (unpaired) electrons. The molecule has 2 aromatic carbocycles. The third-order valence-corrected chi connectivity index (χ3v) is 5.40. The Morgan fingerprint density at radius 3 is 2.88 bits per heavy atom. The fourth-order valence-corrected chi connectivity index (χ4v) is 4.14. The Bertz CT molecular complexity index is 961. The summed E-state index contributed by atoms with van der Waals surface area (Å²) < 4.78 is 11.0. The van der Waals surface area contributed by atoms with E-state index in [-0.39, 0.29) is 5.91 Å². The SMILES string of the molecule is COc1cccc(NC(=O)c2cc3c(s2)-c2c(C)cccc2OC3)c1. The third-order valence-electron chi connectivity index (χ3n) is 4.21. The van der Waals surface area contributed by atoms with Gasteiger partial charge in [-0.15, -0.1) is 11.3 Å². The van der Waals surface area contributed by atoms with Crippen LogP contribution in [0.1, 0.15) is 20.8 Å². The van der Waals surface area contributed by atoms with Crippen LogP contribution in [0.3, 0.4) is 0 Å². The molecule has 0 atom stereocenters.